The molecule has 0 aliphatic heterocycles. The van der Waals surface area contributed by atoms with Crippen molar-refractivity contribution in [2.75, 3.05) is 23.2 Å². The predicted molar refractivity (Wildman–Crippen MR) is 147 cm³/mol. The quantitative estimate of drug-likeness (QED) is 0.142. The summed E-state index contributed by atoms with van der Waals surface area (Å²) in [6.45, 7) is 2.39. The third-order valence-electron chi connectivity index (χ3n) is 5.22. The minimum absolute atomic E-state index is 0.0631. The Bertz CT molecular complexity index is 2080. The lowest BCUT2D eigenvalue weighted by Gasteiger charge is -2.06. The van der Waals surface area contributed by atoms with Gasteiger partial charge in [0, 0.05) is 11.5 Å². The van der Waals surface area contributed by atoms with Crippen LogP contribution in [-0.2, 0) is 34.3 Å². The monoisotopic (exact) mass is 640 g/mol. The van der Waals surface area contributed by atoms with Gasteiger partial charge in [0.2, 0.25) is 10.9 Å². The van der Waals surface area contributed by atoms with Crippen molar-refractivity contribution in [1.82, 2.24) is 0 Å². The number of carboxylic acids is 1. The molecule has 16 nitrogen and oxygen atoms in total. The van der Waals surface area contributed by atoms with Crippen molar-refractivity contribution in [2.24, 2.45) is 10.2 Å². The fourth-order valence-corrected chi connectivity index (χ4v) is 5.35. The van der Waals surface area contributed by atoms with Gasteiger partial charge in [-0.3, -0.25) is 25.0 Å². The van der Waals surface area contributed by atoms with E-state index in [1.54, 1.807) is 0 Å². The van der Waals surface area contributed by atoms with E-state index in [4.69, 9.17) is 4.55 Å². The van der Waals surface area contributed by atoms with Gasteiger partial charge in [-0.25, -0.2) is 25.8 Å². The second-order valence-electron chi connectivity index (χ2n) is 8.03. The molecule has 0 heterocycles. The van der Waals surface area contributed by atoms with Crippen LogP contribution in [0.1, 0.15) is 10.4 Å². The van der Waals surface area contributed by atoms with Crippen LogP contribution in [0.15, 0.2) is 96.2 Å². The normalized spacial score (nSPS) is 13.1. The average Bonchev–Trinajstić information content (AvgIpc) is 2.91. The third kappa shape index (κ3) is 8.01. The maximum atomic E-state index is 13.0. The molecule has 4 N–H and O–H groups in total. The number of carbonyl (C=O) groups is 1. The standard InChI is InChI=1S/C23H20N4O12S3/c1-2-40(32,33)16-7-3-15(4-8-16)25-27-21-19(28)13-18(23(30)31)20(22(21)29)26-24-14-5-9-17(10-6-14)41(34,35)12-11-39-42(36,37)38/h2-10,13,24-25H,1,11-12H2,(H,30,31)(H,36,37,38). The minimum Gasteiger partial charge on any atom is -0.478 e. The molecule has 0 aliphatic carbocycles. The van der Waals surface area contributed by atoms with Crippen LogP contribution in [0.25, 0.3) is 0 Å². The number of hydrogen-bond acceptors (Lipinski definition) is 14. The molecule has 3 aromatic carbocycles. The largest absolute Gasteiger partial charge is 0.478 e. The van der Waals surface area contributed by atoms with E-state index in [1.165, 1.54) is 36.4 Å². The van der Waals surface area contributed by atoms with Gasteiger partial charge in [-0.05, 0) is 48.5 Å². The summed E-state index contributed by atoms with van der Waals surface area (Å²) in [5, 5.41) is 16.3. The molecule has 0 unspecified atom stereocenters. The fraction of sp³-hybridized carbons (Fsp3) is 0.0870. The summed E-state index contributed by atoms with van der Waals surface area (Å²) in [5.41, 5.74) is 2.14. The van der Waals surface area contributed by atoms with E-state index >= 15 is 0 Å². The molecule has 0 saturated heterocycles. The number of anilines is 2. The summed E-state index contributed by atoms with van der Waals surface area (Å²) in [5.74, 6) is -2.41. The molecule has 0 bridgehead atoms. The molecule has 0 aliphatic rings. The molecule has 3 aromatic rings. The Kier molecular flexibility index (Phi) is 9.53. The fourth-order valence-electron chi connectivity index (χ4n) is 3.15. The number of aromatic carboxylic acids is 1. The Balaban J connectivity index is 1.91. The van der Waals surface area contributed by atoms with Gasteiger partial charge in [0.05, 0.1) is 39.1 Å². The van der Waals surface area contributed by atoms with Gasteiger partial charge >= 0.3 is 16.4 Å². The van der Waals surface area contributed by atoms with E-state index in [1.807, 2.05) is 0 Å². The second kappa shape index (κ2) is 12.5. The molecular weight excluding hydrogens is 620 g/mol. The van der Waals surface area contributed by atoms with E-state index < -0.39 is 75.5 Å². The number of benzene rings is 3. The Morgan fingerprint density at radius 1 is 0.857 bits per heavy atom. The van der Waals surface area contributed by atoms with Crippen molar-refractivity contribution in [2.45, 2.75) is 9.79 Å². The molecule has 0 radical (unpaired) electrons. The van der Waals surface area contributed by atoms with Crippen molar-refractivity contribution in [1.29, 1.82) is 0 Å². The van der Waals surface area contributed by atoms with E-state index in [9.17, 15) is 44.7 Å². The van der Waals surface area contributed by atoms with E-state index in [-0.39, 0.29) is 21.2 Å². The summed E-state index contributed by atoms with van der Waals surface area (Å²) >= 11 is 0. The van der Waals surface area contributed by atoms with Crippen LogP contribution in [0, 0.1) is 0 Å². The summed E-state index contributed by atoms with van der Waals surface area (Å²) in [6, 6.07) is 10.3. The Morgan fingerprint density at radius 2 is 1.36 bits per heavy atom. The third-order valence-corrected chi connectivity index (χ3v) is 8.75. The second-order valence-corrected chi connectivity index (χ2v) is 13.1. The number of hydrogen-bond donors (Lipinski definition) is 4. The molecule has 0 fully saturated rings. The smallest absolute Gasteiger partial charge is 0.397 e. The number of nitrogens with one attached hydrogen (secondary N) is 2. The summed E-state index contributed by atoms with van der Waals surface area (Å²) < 4.78 is 82.0. The highest BCUT2D eigenvalue weighted by atomic mass is 32.3. The molecule has 0 amide bonds. The first-order chi connectivity index (χ1) is 19.5. The van der Waals surface area contributed by atoms with Crippen LogP contribution in [0.5, 0.6) is 0 Å². The maximum Gasteiger partial charge on any atom is 0.397 e. The molecule has 0 saturated carbocycles. The van der Waals surface area contributed by atoms with Crippen molar-refractivity contribution in [3.05, 3.63) is 103 Å². The van der Waals surface area contributed by atoms with Gasteiger partial charge in [-0.15, -0.1) is 0 Å². The lowest BCUT2D eigenvalue weighted by molar-refractivity contribution is 0.0694. The molecule has 222 valence electrons. The maximum absolute atomic E-state index is 13.0. The highest BCUT2D eigenvalue weighted by molar-refractivity contribution is 7.94. The number of carboxylic acid groups (broad SMARTS) is 1. The molecule has 3 rings (SSSR count). The first kappa shape index (κ1) is 32.0. The zero-order chi connectivity index (χ0) is 31.3. The van der Waals surface area contributed by atoms with Gasteiger partial charge < -0.3 is 5.11 Å². The first-order valence-electron chi connectivity index (χ1n) is 11.2. The SMILES string of the molecule is C=CS(=O)(=O)c1ccc(NN=c2c(=O)cc(C(=O)O)c(=NNc3ccc(S(=O)(=O)CCOS(=O)(=O)O)cc3)c2=O)cc1. The van der Waals surface area contributed by atoms with E-state index in [2.05, 4.69) is 31.8 Å². The van der Waals surface area contributed by atoms with Crippen LogP contribution in [0.3, 0.4) is 0 Å². The van der Waals surface area contributed by atoms with Crippen LogP contribution < -0.4 is 32.4 Å². The lowest BCUT2D eigenvalue weighted by Crippen LogP contribution is -2.50. The van der Waals surface area contributed by atoms with Crippen molar-refractivity contribution >= 4 is 47.4 Å². The van der Waals surface area contributed by atoms with Gasteiger partial charge in [0.15, 0.2) is 25.0 Å². The van der Waals surface area contributed by atoms with Crippen molar-refractivity contribution < 1.29 is 43.9 Å². The molecule has 42 heavy (non-hydrogen) atoms. The average molecular weight is 641 g/mol. The van der Waals surface area contributed by atoms with Crippen LogP contribution in [-0.4, -0.2) is 53.2 Å². The minimum atomic E-state index is -4.82. The van der Waals surface area contributed by atoms with Gasteiger partial charge in [0.25, 0.3) is 0 Å². The number of sulfone groups is 2. The molecule has 0 atom stereocenters. The van der Waals surface area contributed by atoms with Crippen LogP contribution >= 0.6 is 0 Å². The van der Waals surface area contributed by atoms with E-state index in [0.29, 0.717) is 6.07 Å². The Hall–Kier alpha value is -4.56. The van der Waals surface area contributed by atoms with Gasteiger partial charge in [-0.1, -0.05) is 6.58 Å². The Labute approximate surface area is 237 Å². The summed E-state index contributed by atoms with van der Waals surface area (Å²) in [7, 11) is -12.5. The Morgan fingerprint density at radius 3 is 1.83 bits per heavy atom. The van der Waals surface area contributed by atoms with Crippen LogP contribution in [0.4, 0.5) is 11.4 Å². The highest BCUT2D eigenvalue weighted by Crippen LogP contribution is 2.16. The van der Waals surface area contributed by atoms with Crippen LogP contribution in [0.2, 0.25) is 0 Å². The number of nitrogens with zero attached hydrogens (tertiary/aromatic N) is 2. The van der Waals surface area contributed by atoms with E-state index in [0.717, 1.165) is 17.5 Å². The molecular formula is C23H20N4O12S3. The topological polar surface area (TPSA) is 252 Å². The zero-order valence-electron chi connectivity index (χ0n) is 21.0. The molecule has 0 aromatic heterocycles. The first-order valence-corrected chi connectivity index (χ1v) is 15.7. The van der Waals surface area contributed by atoms with Crippen molar-refractivity contribution in [3.63, 3.8) is 0 Å². The molecule has 19 heteroatoms. The molecule has 0 spiro atoms. The summed E-state index contributed by atoms with van der Waals surface area (Å²) in [6.07, 6.45) is 0. The number of rotatable bonds is 12. The van der Waals surface area contributed by atoms with Gasteiger partial charge in [-0.2, -0.15) is 18.6 Å². The zero-order valence-corrected chi connectivity index (χ0v) is 23.4. The highest BCUT2D eigenvalue weighted by Gasteiger charge is 2.17. The van der Waals surface area contributed by atoms with Crippen molar-refractivity contribution in [3.8, 4) is 0 Å². The summed E-state index contributed by atoms with van der Waals surface area (Å²) in [4.78, 5) is 36.8. The van der Waals surface area contributed by atoms with Gasteiger partial charge in [0.1, 0.15) is 5.36 Å². The lowest BCUT2D eigenvalue weighted by atomic mass is 10.2. The predicted octanol–water partition coefficient (Wildman–Crippen LogP) is -0.653.